The number of aromatic nitrogens is 9. The molecule has 4 aromatic heterocycles. The summed E-state index contributed by atoms with van der Waals surface area (Å²) in [6.07, 6.45) is -8.93. The molecule has 0 spiro atoms. The van der Waals surface area contributed by atoms with E-state index in [1.165, 1.54) is 17.2 Å². The number of aliphatic hydroxyl groups is 2. The number of H-pyrrole nitrogens is 1. The number of aliphatic hydroxyl groups excluding tert-OH is 2. The molecule has 242 valence electrons. The largest absolute Gasteiger partial charge is 0.387 e. The van der Waals surface area contributed by atoms with Crippen LogP contribution in [0.15, 0.2) is 17.4 Å². The summed E-state index contributed by atoms with van der Waals surface area (Å²) in [5.41, 5.74) is 10.9. The Hall–Kier alpha value is -2.73. The molecule has 0 aliphatic carbocycles. The number of aromatic amines is 1. The number of nitrogens with zero attached hydrogens (tertiary/aromatic N) is 8. The van der Waals surface area contributed by atoms with Gasteiger partial charge in [0.25, 0.3) is 5.56 Å². The lowest BCUT2D eigenvalue weighted by Gasteiger charge is -2.26. The van der Waals surface area contributed by atoms with E-state index in [1.807, 2.05) is 0 Å². The minimum atomic E-state index is -4.40. The first-order chi connectivity index (χ1) is 21.3. The number of nitrogen functional groups attached to an aromatic ring is 2. The maximum Gasteiger partial charge on any atom is 0.386 e. The lowest BCUT2D eigenvalue weighted by molar-refractivity contribution is -0.0613. The number of nitrogens with two attached hydrogens (primary N) is 2. The molecule has 3 aliphatic heterocycles. The van der Waals surface area contributed by atoms with Gasteiger partial charge in [-0.05, 0) is 0 Å². The molecule has 7 heterocycles. The van der Waals surface area contributed by atoms with Gasteiger partial charge in [0.15, 0.2) is 35.1 Å². The number of rotatable bonds is 2. The number of hydrogen-bond donors (Lipinski definition) is 7. The second-order valence-electron chi connectivity index (χ2n) is 10.0. The fourth-order valence-electron chi connectivity index (χ4n) is 5.17. The van der Waals surface area contributed by atoms with Gasteiger partial charge in [0.1, 0.15) is 48.5 Å². The molecule has 45 heavy (non-hydrogen) atoms. The van der Waals surface area contributed by atoms with Crippen molar-refractivity contribution in [1.29, 1.82) is 0 Å². The zero-order chi connectivity index (χ0) is 31.8. The average molecular weight is 708 g/mol. The van der Waals surface area contributed by atoms with Gasteiger partial charge in [-0.3, -0.25) is 32.4 Å². The molecular weight excluding hydrogens is 684 g/mol. The Morgan fingerprint density at radius 1 is 0.911 bits per heavy atom. The van der Waals surface area contributed by atoms with Gasteiger partial charge in [0.2, 0.25) is 5.95 Å². The van der Waals surface area contributed by atoms with Crippen LogP contribution in [-0.4, -0.2) is 105 Å². The third-order valence-corrected chi connectivity index (χ3v) is 10.4. The number of thiol groups is 2. The Bertz CT molecular complexity index is 1940. The van der Waals surface area contributed by atoms with Crippen molar-refractivity contribution in [1.82, 2.24) is 44.5 Å². The van der Waals surface area contributed by atoms with Gasteiger partial charge in [-0.1, -0.05) is 29.7 Å². The fraction of sp³-hybridized carbons (Fsp3) is 0.526. The van der Waals surface area contributed by atoms with Crippen LogP contribution in [0.2, 0.25) is 0 Å². The Morgan fingerprint density at radius 3 is 2.36 bits per heavy atom. The molecule has 26 heteroatoms. The second-order valence-corrected chi connectivity index (χ2v) is 15.8. The molecule has 10 atom stereocenters. The van der Waals surface area contributed by atoms with E-state index in [0.717, 1.165) is 4.68 Å². The normalized spacial score (nSPS) is 37.7. The number of anilines is 2. The van der Waals surface area contributed by atoms with Crippen molar-refractivity contribution in [2.45, 2.75) is 49.1 Å². The maximum absolute atomic E-state index is 13.5. The Labute approximate surface area is 260 Å². The van der Waals surface area contributed by atoms with Crippen molar-refractivity contribution in [3.05, 3.63) is 23.0 Å². The van der Waals surface area contributed by atoms with Gasteiger partial charge in [-0.2, -0.15) is 9.67 Å². The van der Waals surface area contributed by atoms with Crippen LogP contribution in [-0.2, 0) is 36.7 Å². The monoisotopic (exact) mass is 707 g/mol. The second kappa shape index (κ2) is 11.2. The standard InChI is InChI=1S/C19H23N11O11P2S2/c20-13-7-14(23-3-22-13)29(4-24-7)17-10(32)11-6(39-17)2-37-43(35,45)41-12-9(31)5(1-36-42(34,44)40-11)38-18(12)30-15-8(27-28-30)16(33)26-19(21)25-15/h3-6,9-12,17-18,31-32H,1-2H2,(H,34,44)(H,35,45)(H2,20,22,23)(H3,21,25,26,33). The third-order valence-electron chi connectivity index (χ3n) is 7.19. The number of nitrogens with one attached hydrogen (secondary N) is 1. The van der Waals surface area contributed by atoms with Gasteiger partial charge in [-0.15, -0.1) is 5.10 Å². The quantitative estimate of drug-likeness (QED) is 0.0963. The summed E-state index contributed by atoms with van der Waals surface area (Å²) in [5, 5.41) is 30.0. The van der Waals surface area contributed by atoms with Crippen LogP contribution in [0.3, 0.4) is 0 Å². The van der Waals surface area contributed by atoms with Crippen LogP contribution >= 0.6 is 38.1 Å². The van der Waals surface area contributed by atoms with E-state index in [0.29, 0.717) is 0 Å². The Balaban J connectivity index is 1.21. The molecule has 7 N–H and O–H groups in total. The zero-order valence-electron chi connectivity index (χ0n) is 22.3. The third kappa shape index (κ3) is 5.53. The SMILES string of the molecule is Nc1nc2c(nnn2C2OC3COP(=O)(S)OC4C(COP(=O)(S)OC2C3O)OC(n2cnc3c(N)ncnc32)C4O)c(=O)[nH]1. The van der Waals surface area contributed by atoms with Gasteiger partial charge in [0.05, 0.1) is 19.5 Å². The van der Waals surface area contributed by atoms with Crippen molar-refractivity contribution >= 4 is 72.2 Å². The first-order valence-electron chi connectivity index (χ1n) is 12.8. The van der Waals surface area contributed by atoms with Crippen LogP contribution in [0.5, 0.6) is 0 Å². The molecule has 2 bridgehead atoms. The highest BCUT2D eigenvalue weighted by Crippen LogP contribution is 2.60. The molecule has 3 aliphatic rings. The van der Waals surface area contributed by atoms with Crippen molar-refractivity contribution in [3.8, 4) is 0 Å². The highest BCUT2D eigenvalue weighted by molar-refractivity contribution is 8.44. The minimum absolute atomic E-state index is 0.0806. The van der Waals surface area contributed by atoms with Gasteiger partial charge in [-0.25, -0.2) is 24.1 Å². The van der Waals surface area contributed by atoms with E-state index in [9.17, 15) is 24.1 Å². The Kier molecular flexibility index (Phi) is 7.70. The maximum atomic E-state index is 13.5. The van der Waals surface area contributed by atoms with Crippen molar-refractivity contribution in [2.24, 2.45) is 0 Å². The highest BCUT2D eigenvalue weighted by atomic mass is 32.7. The minimum Gasteiger partial charge on any atom is -0.387 e. The summed E-state index contributed by atoms with van der Waals surface area (Å²) >= 11 is 8.09. The zero-order valence-corrected chi connectivity index (χ0v) is 25.9. The molecular formula is C19H23N11O11P2S2. The van der Waals surface area contributed by atoms with E-state index in [1.54, 1.807) is 0 Å². The van der Waals surface area contributed by atoms with Crippen LogP contribution in [0.25, 0.3) is 22.3 Å². The van der Waals surface area contributed by atoms with Gasteiger partial charge in [0, 0.05) is 0 Å². The lowest BCUT2D eigenvalue weighted by Crippen LogP contribution is -2.35. The van der Waals surface area contributed by atoms with Crippen LogP contribution in [0.1, 0.15) is 12.5 Å². The van der Waals surface area contributed by atoms with E-state index in [2.05, 4.69) is 59.7 Å². The predicted molar refractivity (Wildman–Crippen MR) is 155 cm³/mol. The summed E-state index contributed by atoms with van der Waals surface area (Å²) in [4.78, 5) is 30.7. The summed E-state index contributed by atoms with van der Waals surface area (Å²) < 4.78 is 63.2. The van der Waals surface area contributed by atoms with Crippen LogP contribution in [0.4, 0.5) is 11.8 Å². The summed E-state index contributed by atoms with van der Waals surface area (Å²) in [6, 6.07) is 0. The number of hydrogen-bond acceptors (Lipinski definition) is 19. The average Bonchev–Trinajstić information content (AvgIpc) is 3.72. The molecule has 22 nitrogen and oxygen atoms in total. The van der Waals surface area contributed by atoms with Crippen molar-refractivity contribution in [2.75, 3.05) is 24.7 Å². The first kappa shape index (κ1) is 30.9. The van der Waals surface area contributed by atoms with Crippen LogP contribution < -0.4 is 17.0 Å². The van der Waals surface area contributed by atoms with Crippen molar-refractivity contribution in [3.63, 3.8) is 0 Å². The number of ether oxygens (including phenoxy) is 2. The number of fused-ring (bicyclic) bond motifs is 5. The fourth-order valence-corrected chi connectivity index (χ4v) is 8.12. The molecule has 0 saturated carbocycles. The van der Waals surface area contributed by atoms with Crippen LogP contribution in [0, 0.1) is 0 Å². The van der Waals surface area contributed by atoms with Crippen molar-refractivity contribution < 1.29 is 46.9 Å². The molecule has 4 aromatic rings. The lowest BCUT2D eigenvalue weighted by atomic mass is 10.1. The van der Waals surface area contributed by atoms with E-state index in [4.69, 9.17) is 39.0 Å². The molecule has 7 rings (SSSR count). The smallest absolute Gasteiger partial charge is 0.386 e. The highest BCUT2D eigenvalue weighted by Gasteiger charge is 2.53. The van der Waals surface area contributed by atoms with E-state index < -0.39 is 81.4 Å². The summed E-state index contributed by atoms with van der Waals surface area (Å²) in [5.74, 6) is -0.186. The van der Waals surface area contributed by atoms with E-state index in [-0.39, 0.29) is 34.1 Å². The van der Waals surface area contributed by atoms with E-state index >= 15 is 0 Å². The Morgan fingerprint density at radius 2 is 1.60 bits per heavy atom. The number of imidazole rings is 1. The topological polar surface area (TPSA) is 302 Å². The summed E-state index contributed by atoms with van der Waals surface area (Å²) in [7, 11) is 0. The molecule has 3 fully saturated rings. The van der Waals surface area contributed by atoms with Gasteiger partial charge < -0.3 is 31.2 Å². The predicted octanol–water partition coefficient (Wildman–Crippen LogP) is -1.07. The molecule has 0 radical (unpaired) electrons. The molecule has 0 amide bonds. The summed E-state index contributed by atoms with van der Waals surface area (Å²) in [6.45, 7) is -9.96. The van der Waals surface area contributed by atoms with Gasteiger partial charge >= 0.3 is 13.6 Å². The molecule has 0 aromatic carbocycles. The molecule has 3 saturated heterocycles. The first-order valence-corrected chi connectivity index (χ1v) is 18.2. The molecule has 10 unspecified atom stereocenters.